The Kier molecular flexibility index (Phi) is 5.75. The Balaban J connectivity index is 1.99. The molecular weight excluding hydrogens is 458 g/mol. The predicted molar refractivity (Wildman–Crippen MR) is 104 cm³/mol. The zero-order chi connectivity index (χ0) is 24.1. The van der Waals surface area contributed by atoms with Crippen molar-refractivity contribution in [2.75, 3.05) is 11.9 Å². The second kappa shape index (κ2) is 7.80. The van der Waals surface area contributed by atoms with E-state index >= 15 is 0 Å². The Morgan fingerprint density at radius 2 is 2.06 bits per heavy atom. The van der Waals surface area contributed by atoms with Crippen LogP contribution in [0, 0.1) is 18.2 Å². The first-order valence-electron chi connectivity index (χ1n) is 8.90. The number of fused-ring (bicyclic) bond motifs is 1. The molecular formula is C19H17F4N3O5S. The van der Waals surface area contributed by atoms with E-state index in [0.29, 0.717) is 12.1 Å². The van der Waals surface area contributed by atoms with E-state index in [9.17, 15) is 35.9 Å². The van der Waals surface area contributed by atoms with Gasteiger partial charge in [-0.1, -0.05) is 5.92 Å². The molecule has 0 fully saturated rings. The average Bonchev–Trinajstić information content (AvgIpc) is 2.96. The van der Waals surface area contributed by atoms with Crippen molar-refractivity contribution >= 4 is 21.6 Å². The number of hydrogen-bond donors (Lipinski definition) is 3. The minimum absolute atomic E-state index is 0.329. The maximum Gasteiger partial charge on any atom is 0.419 e. The first kappa shape index (κ1) is 23.6. The van der Waals surface area contributed by atoms with Gasteiger partial charge in [-0.15, -0.1) is 6.42 Å². The number of nitrogens with zero attached hydrogens (tertiary/aromatic N) is 1. The number of ether oxygens (including phenoxy) is 1. The van der Waals surface area contributed by atoms with E-state index in [1.54, 1.807) is 0 Å². The molecule has 0 aliphatic carbocycles. The van der Waals surface area contributed by atoms with Crippen LogP contribution < -0.4 is 14.8 Å². The highest BCUT2D eigenvalue weighted by Crippen LogP contribution is 2.35. The van der Waals surface area contributed by atoms with Crippen molar-refractivity contribution in [3.05, 3.63) is 41.5 Å². The van der Waals surface area contributed by atoms with Crippen LogP contribution in [0.2, 0.25) is 0 Å². The SMILES string of the molecule is C#CC(C)(O)C1COc2c(cn(C)c2C(=O)Nc2ccc(F)c(C(F)(F)F)c2)S(=O)(=O)N1. The Labute approximate surface area is 180 Å². The van der Waals surface area contributed by atoms with E-state index in [-0.39, 0.29) is 17.1 Å². The van der Waals surface area contributed by atoms with E-state index in [4.69, 9.17) is 11.2 Å². The van der Waals surface area contributed by atoms with Gasteiger partial charge in [-0.2, -0.15) is 13.2 Å². The maximum atomic E-state index is 13.5. The van der Waals surface area contributed by atoms with Gasteiger partial charge in [-0.05, 0) is 25.1 Å². The molecule has 2 heterocycles. The molecule has 3 N–H and O–H groups in total. The number of carbonyl (C=O) groups excluding carboxylic acids is 1. The lowest BCUT2D eigenvalue weighted by Gasteiger charge is -2.26. The summed E-state index contributed by atoms with van der Waals surface area (Å²) in [7, 11) is -2.97. The summed E-state index contributed by atoms with van der Waals surface area (Å²) in [5.41, 5.74) is -4.20. The third kappa shape index (κ3) is 4.29. The lowest BCUT2D eigenvalue weighted by Crippen LogP contribution is -2.52. The summed E-state index contributed by atoms with van der Waals surface area (Å²) in [5.74, 6) is -0.870. The molecule has 0 saturated carbocycles. The largest absolute Gasteiger partial charge is 0.488 e. The average molecular weight is 475 g/mol. The summed E-state index contributed by atoms with van der Waals surface area (Å²) in [6, 6.07) is 0.622. The second-order valence-electron chi connectivity index (χ2n) is 7.21. The number of halogens is 4. The van der Waals surface area contributed by atoms with Crippen molar-refractivity contribution in [2.24, 2.45) is 7.05 Å². The standard InChI is InChI=1S/C19H17F4N3O5S/c1-4-18(2,28)14-9-31-16-13(32(29,30)25-14)8-26(3)15(16)17(27)24-10-5-6-12(20)11(7-10)19(21,22)23/h1,5-8,14,25,28H,9H2,2-3H3,(H,24,27). The highest BCUT2D eigenvalue weighted by Gasteiger charge is 2.41. The molecule has 1 aromatic heterocycles. The zero-order valence-corrected chi connectivity index (χ0v) is 17.4. The van der Waals surface area contributed by atoms with Crippen LogP contribution in [0.15, 0.2) is 29.3 Å². The molecule has 1 aromatic carbocycles. The van der Waals surface area contributed by atoms with Crippen LogP contribution in [0.5, 0.6) is 5.75 Å². The van der Waals surface area contributed by atoms with Gasteiger partial charge in [0.1, 0.15) is 22.9 Å². The van der Waals surface area contributed by atoms with Crippen molar-refractivity contribution in [1.29, 1.82) is 0 Å². The van der Waals surface area contributed by atoms with Crippen LogP contribution >= 0.6 is 0 Å². The number of terminal acetylenes is 1. The van der Waals surface area contributed by atoms with Gasteiger partial charge in [0.2, 0.25) is 10.0 Å². The monoisotopic (exact) mass is 475 g/mol. The van der Waals surface area contributed by atoms with Crippen LogP contribution in [0.3, 0.4) is 0 Å². The van der Waals surface area contributed by atoms with Crippen LogP contribution in [-0.2, 0) is 23.2 Å². The molecule has 0 saturated heterocycles. The minimum atomic E-state index is -4.99. The molecule has 172 valence electrons. The van der Waals surface area contributed by atoms with Gasteiger partial charge >= 0.3 is 6.18 Å². The van der Waals surface area contributed by atoms with Gasteiger partial charge in [0.15, 0.2) is 11.4 Å². The normalized spacial score (nSPS) is 19.6. The molecule has 1 aliphatic heterocycles. The topological polar surface area (TPSA) is 110 Å². The fourth-order valence-electron chi connectivity index (χ4n) is 3.01. The lowest BCUT2D eigenvalue weighted by molar-refractivity contribution is -0.139. The van der Waals surface area contributed by atoms with Gasteiger partial charge in [-0.3, -0.25) is 4.79 Å². The van der Waals surface area contributed by atoms with E-state index in [1.165, 1.54) is 14.0 Å². The van der Waals surface area contributed by atoms with Gasteiger partial charge in [-0.25, -0.2) is 17.5 Å². The third-order valence-electron chi connectivity index (χ3n) is 4.80. The molecule has 2 atom stereocenters. The number of alkyl halides is 3. The van der Waals surface area contributed by atoms with Gasteiger partial charge in [0, 0.05) is 18.9 Å². The second-order valence-corrected chi connectivity index (χ2v) is 8.89. The third-order valence-corrected chi connectivity index (χ3v) is 6.26. The number of nitrogens with one attached hydrogen (secondary N) is 2. The molecule has 1 amide bonds. The van der Waals surface area contributed by atoms with E-state index < -0.39 is 56.6 Å². The molecule has 3 rings (SSSR count). The smallest absolute Gasteiger partial charge is 0.419 e. The number of anilines is 1. The highest BCUT2D eigenvalue weighted by molar-refractivity contribution is 7.89. The molecule has 0 bridgehead atoms. The number of sulfonamides is 1. The van der Waals surface area contributed by atoms with E-state index in [0.717, 1.165) is 16.8 Å². The van der Waals surface area contributed by atoms with Crippen molar-refractivity contribution in [3.8, 4) is 18.1 Å². The molecule has 32 heavy (non-hydrogen) atoms. The number of rotatable bonds is 3. The number of aliphatic hydroxyl groups is 1. The molecule has 1 aliphatic rings. The molecule has 2 aromatic rings. The molecule has 0 spiro atoms. The van der Waals surface area contributed by atoms with Crippen molar-refractivity contribution in [3.63, 3.8) is 0 Å². The Morgan fingerprint density at radius 3 is 2.66 bits per heavy atom. The molecule has 0 radical (unpaired) electrons. The maximum absolute atomic E-state index is 13.5. The number of hydrogen-bond acceptors (Lipinski definition) is 5. The van der Waals surface area contributed by atoms with E-state index in [2.05, 4.69) is 10.0 Å². The highest BCUT2D eigenvalue weighted by atomic mass is 32.2. The number of carbonyl (C=O) groups is 1. The van der Waals surface area contributed by atoms with Gasteiger partial charge in [0.25, 0.3) is 5.91 Å². The first-order chi connectivity index (χ1) is 14.7. The lowest BCUT2D eigenvalue weighted by atomic mass is 9.99. The fourth-order valence-corrected chi connectivity index (χ4v) is 4.51. The summed E-state index contributed by atoms with van der Waals surface area (Å²) in [6.07, 6.45) is 1.31. The Hall–Kier alpha value is -3.08. The fraction of sp³-hybridized carbons (Fsp3) is 0.316. The number of aromatic nitrogens is 1. The molecule has 2 unspecified atom stereocenters. The number of aryl methyl sites for hydroxylation is 1. The summed E-state index contributed by atoms with van der Waals surface area (Å²) in [4.78, 5) is 12.4. The van der Waals surface area contributed by atoms with Gasteiger partial charge in [0.05, 0.1) is 11.6 Å². The molecule has 8 nitrogen and oxygen atoms in total. The summed E-state index contributed by atoms with van der Waals surface area (Å²) >= 11 is 0. The summed E-state index contributed by atoms with van der Waals surface area (Å²) in [5, 5.41) is 12.4. The van der Waals surface area contributed by atoms with Gasteiger partial charge < -0.3 is 19.7 Å². The van der Waals surface area contributed by atoms with Crippen LogP contribution in [0.1, 0.15) is 23.0 Å². The number of amides is 1. The van der Waals surface area contributed by atoms with Crippen molar-refractivity contribution in [1.82, 2.24) is 9.29 Å². The first-order valence-corrected chi connectivity index (χ1v) is 10.4. The van der Waals surface area contributed by atoms with Crippen molar-refractivity contribution < 1.29 is 40.6 Å². The van der Waals surface area contributed by atoms with E-state index in [1.807, 2.05) is 5.92 Å². The summed E-state index contributed by atoms with van der Waals surface area (Å²) in [6.45, 7) is 0.752. The Bertz CT molecular complexity index is 1230. The van der Waals surface area contributed by atoms with Crippen LogP contribution in [0.25, 0.3) is 0 Å². The molecule has 13 heteroatoms. The Morgan fingerprint density at radius 1 is 1.41 bits per heavy atom. The zero-order valence-electron chi connectivity index (χ0n) is 16.6. The van der Waals surface area contributed by atoms with Crippen LogP contribution in [-0.4, -0.2) is 42.2 Å². The van der Waals surface area contributed by atoms with Crippen LogP contribution in [0.4, 0.5) is 23.2 Å². The summed E-state index contributed by atoms with van der Waals surface area (Å²) < 4.78 is 86.5. The van der Waals surface area contributed by atoms with Crippen molar-refractivity contribution in [2.45, 2.75) is 29.6 Å². The minimum Gasteiger partial charge on any atom is -0.488 e. The quantitative estimate of drug-likeness (QED) is 0.464. The predicted octanol–water partition coefficient (Wildman–Crippen LogP) is 1.86. The number of benzene rings is 1.